The van der Waals surface area contributed by atoms with Crippen LogP contribution in [-0.4, -0.2) is 4.98 Å². The summed E-state index contributed by atoms with van der Waals surface area (Å²) in [5.74, 6) is 0. The second-order valence-electron chi connectivity index (χ2n) is 3.32. The fourth-order valence-electron chi connectivity index (χ4n) is 1.47. The fraction of sp³-hybridized carbons (Fsp3) is 0.0833. The lowest BCUT2D eigenvalue weighted by atomic mass is 10.0. The minimum atomic E-state index is 0.783. The molecule has 1 aromatic carbocycles. The van der Waals surface area contributed by atoms with Crippen LogP contribution in [-0.2, 0) is 0 Å². The van der Waals surface area contributed by atoms with Gasteiger partial charge in [0.15, 0.2) is 0 Å². The molecule has 0 saturated carbocycles. The van der Waals surface area contributed by atoms with Crippen LogP contribution < -0.4 is 5.73 Å². The highest BCUT2D eigenvalue weighted by Crippen LogP contribution is 2.23. The lowest BCUT2D eigenvalue weighted by molar-refractivity contribution is 1.29. The Morgan fingerprint density at radius 1 is 1.21 bits per heavy atom. The number of nitrogen functional groups attached to an aromatic ring is 1. The average molecular weight is 184 g/mol. The molecule has 0 atom stereocenters. The van der Waals surface area contributed by atoms with Crippen LogP contribution >= 0.6 is 0 Å². The van der Waals surface area contributed by atoms with Gasteiger partial charge in [-0.3, -0.25) is 4.98 Å². The average Bonchev–Trinajstić information content (AvgIpc) is 2.18. The third-order valence-electron chi connectivity index (χ3n) is 2.24. The normalized spacial score (nSPS) is 10.1. The number of pyridine rings is 1. The monoisotopic (exact) mass is 184 g/mol. The van der Waals surface area contributed by atoms with Crippen LogP contribution in [0.1, 0.15) is 5.56 Å². The maximum atomic E-state index is 5.73. The maximum Gasteiger partial charge on any atom is 0.0349 e. The van der Waals surface area contributed by atoms with E-state index < -0.39 is 0 Å². The van der Waals surface area contributed by atoms with E-state index in [4.69, 9.17) is 5.73 Å². The minimum absolute atomic E-state index is 0.783. The fourth-order valence-corrected chi connectivity index (χ4v) is 1.47. The van der Waals surface area contributed by atoms with Gasteiger partial charge >= 0.3 is 0 Å². The largest absolute Gasteiger partial charge is 0.399 e. The number of benzene rings is 1. The summed E-state index contributed by atoms with van der Waals surface area (Å²) in [6.07, 6.45) is 3.66. The summed E-state index contributed by atoms with van der Waals surface area (Å²) in [5, 5.41) is 0. The number of anilines is 1. The molecule has 0 aliphatic rings. The zero-order chi connectivity index (χ0) is 9.97. The molecule has 2 aromatic rings. The van der Waals surface area contributed by atoms with Crippen LogP contribution in [0.25, 0.3) is 11.1 Å². The summed E-state index contributed by atoms with van der Waals surface area (Å²) in [7, 11) is 0. The van der Waals surface area contributed by atoms with Crippen LogP contribution in [0.15, 0.2) is 42.7 Å². The van der Waals surface area contributed by atoms with Crippen LogP contribution in [0, 0.1) is 6.92 Å². The van der Waals surface area contributed by atoms with Gasteiger partial charge in [0.25, 0.3) is 0 Å². The van der Waals surface area contributed by atoms with E-state index in [1.54, 1.807) is 6.20 Å². The van der Waals surface area contributed by atoms with Gasteiger partial charge in [-0.1, -0.05) is 12.1 Å². The SMILES string of the molecule is Cc1ccncc1-c1cccc(N)c1. The third-order valence-corrected chi connectivity index (χ3v) is 2.24. The second-order valence-corrected chi connectivity index (χ2v) is 3.32. The van der Waals surface area contributed by atoms with Crippen LogP contribution in [0.4, 0.5) is 5.69 Å². The highest BCUT2D eigenvalue weighted by Gasteiger charge is 2.00. The van der Waals surface area contributed by atoms with Gasteiger partial charge in [-0.25, -0.2) is 0 Å². The molecule has 1 aromatic heterocycles. The van der Waals surface area contributed by atoms with Crippen molar-refractivity contribution in [1.82, 2.24) is 4.98 Å². The number of aromatic nitrogens is 1. The summed E-state index contributed by atoms with van der Waals surface area (Å²) in [5.41, 5.74) is 9.98. The van der Waals surface area contributed by atoms with Crippen LogP contribution in [0.2, 0.25) is 0 Å². The van der Waals surface area contributed by atoms with Gasteiger partial charge in [-0.05, 0) is 36.2 Å². The van der Waals surface area contributed by atoms with E-state index in [-0.39, 0.29) is 0 Å². The van der Waals surface area contributed by atoms with Crippen LogP contribution in [0.5, 0.6) is 0 Å². The first kappa shape index (κ1) is 8.75. The smallest absolute Gasteiger partial charge is 0.0349 e. The molecule has 0 bridgehead atoms. The molecule has 70 valence electrons. The van der Waals surface area contributed by atoms with E-state index in [0.717, 1.165) is 16.8 Å². The zero-order valence-electron chi connectivity index (χ0n) is 8.07. The van der Waals surface area contributed by atoms with Crippen molar-refractivity contribution >= 4 is 5.69 Å². The minimum Gasteiger partial charge on any atom is -0.399 e. The molecule has 0 saturated heterocycles. The van der Waals surface area contributed by atoms with Crippen molar-refractivity contribution in [2.45, 2.75) is 6.92 Å². The van der Waals surface area contributed by atoms with Gasteiger partial charge in [0.1, 0.15) is 0 Å². The van der Waals surface area contributed by atoms with Crippen molar-refractivity contribution < 1.29 is 0 Å². The Balaban J connectivity index is 2.55. The standard InChI is InChI=1S/C12H12N2/c1-9-5-6-14-8-12(9)10-3-2-4-11(13)7-10/h2-8H,13H2,1H3. The number of rotatable bonds is 1. The lowest BCUT2D eigenvalue weighted by Gasteiger charge is -2.05. The summed E-state index contributed by atoms with van der Waals surface area (Å²) >= 11 is 0. The molecule has 2 nitrogen and oxygen atoms in total. The molecular formula is C12H12N2. The van der Waals surface area contributed by atoms with Crippen molar-refractivity contribution in [3.63, 3.8) is 0 Å². The second kappa shape index (κ2) is 3.50. The van der Waals surface area contributed by atoms with Gasteiger partial charge in [0.2, 0.25) is 0 Å². The van der Waals surface area contributed by atoms with Gasteiger partial charge in [0, 0.05) is 23.6 Å². The van der Waals surface area contributed by atoms with Gasteiger partial charge in [-0.15, -0.1) is 0 Å². The molecule has 2 heteroatoms. The summed E-state index contributed by atoms with van der Waals surface area (Å²) in [6, 6.07) is 9.84. The van der Waals surface area contributed by atoms with Crippen molar-refractivity contribution in [2.75, 3.05) is 5.73 Å². The van der Waals surface area contributed by atoms with Crippen molar-refractivity contribution in [3.8, 4) is 11.1 Å². The summed E-state index contributed by atoms with van der Waals surface area (Å²) < 4.78 is 0. The first-order valence-electron chi connectivity index (χ1n) is 4.54. The molecule has 1 heterocycles. The first-order valence-corrected chi connectivity index (χ1v) is 4.54. The predicted molar refractivity (Wildman–Crippen MR) is 58.8 cm³/mol. The molecule has 0 aliphatic carbocycles. The highest BCUT2D eigenvalue weighted by atomic mass is 14.6. The number of nitrogens with zero attached hydrogens (tertiary/aromatic N) is 1. The number of nitrogens with two attached hydrogens (primary N) is 1. The quantitative estimate of drug-likeness (QED) is 0.692. The van der Waals surface area contributed by atoms with E-state index in [2.05, 4.69) is 11.9 Å². The van der Waals surface area contributed by atoms with E-state index in [1.807, 2.05) is 36.5 Å². The van der Waals surface area contributed by atoms with Gasteiger partial charge in [-0.2, -0.15) is 0 Å². The molecule has 0 unspecified atom stereocenters. The Morgan fingerprint density at radius 2 is 2.07 bits per heavy atom. The molecule has 14 heavy (non-hydrogen) atoms. The Labute approximate surface area is 83.4 Å². The van der Waals surface area contributed by atoms with Crippen molar-refractivity contribution in [3.05, 3.63) is 48.3 Å². The maximum absolute atomic E-state index is 5.73. The molecule has 0 radical (unpaired) electrons. The molecule has 2 rings (SSSR count). The summed E-state index contributed by atoms with van der Waals surface area (Å²) in [4.78, 5) is 4.11. The van der Waals surface area contributed by atoms with Gasteiger partial charge < -0.3 is 5.73 Å². The number of hydrogen-bond donors (Lipinski definition) is 1. The molecule has 0 fully saturated rings. The Bertz CT molecular complexity index is 450. The Morgan fingerprint density at radius 3 is 2.79 bits per heavy atom. The van der Waals surface area contributed by atoms with Gasteiger partial charge in [0.05, 0.1) is 0 Å². The van der Waals surface area contributed by atoms with Crippen molar-refractivity contribution in [2.24, 2.45) is 0 Å². The Kier molecular flexibility index (Phi) is 2.19. The summed E-state index contributed by atoms with van der Waals surface area (Å²) in [6.45, 7) is 2.07. The van der Waals surface area contributed by atoms with E-state index >= 15 is 0 Å². The van der Waals surface area contributed by atoms with Crippen LogP contribution in [0.3, 0.4) is 0 Å². The van der Waals surface area contributed by atoms with E-state index in [1.165, 1.54) is 5.56 Å². The molecule has 2 N–H and O–H groups in total. The van der Waals surface area contributed by atoms with Crippen molar-refractivity contribution in [1.29, 1.82) is 0 Å². The Hall–Kier alpha value is -1.83. The third kappa shape index (κ3) is 1.59. The number of aryl methyl sites for hydroxylation is 1. The van der Waals surface area contributed by atoms with E-state index in [9.17, 15) is 0 Å². The predicted octanol–water partition coefficient (Wildman–Crippen LogP) is 2.64. The zero-order valence-corrected chi connectivity index (χ0v) is 8.07. The molecular weight excluding hydrogens is 172 g/mol. The van der Waals surface area contributed by atoms with E-state index in [0.29, 0.717) is 0 Å². The topological polar surface area (TPSA) is 38.9 Å². The number of hydrogen-bond acceptors (Lipinski definition) is 2. The molecule has 0 aliphatic heterocycles. The lowest BCUT2D eigenvalue weighted by Crippen LogP contribution is -1.87. The molecule has 0 amide bonds. The first-order chi connectivity index (χ1) is 6.77. The highest BCUT2D eigenvalue weighted by molar-refractivity contribution is 5.69. The molecule has 0 spiro atoms.